The SMILES string of the molecule is Cc1cc(Cl)ccc1O[C@@H](C)C(=O)NCCCCNC(=O)[C@H](C)Oc1ccc(Cl)cc1C. The van der Waals surface area contributed by atoms with Crippen molar-refractivity contribution in [1.29, 1.82) is 0 Å². The molecule has 2 aromatic carbocycles. The molecular formula is C24H30Cl2N2O4. The van der Waals surface area contributed by atoms with Gasteiger partial charge in [0.25, 0.3) is 11.8 Å². The molecule has 2 N–H and O–H groups in total. The topological polar surface area (TPSA) is 76.7 Å². The molecule has 0 unspecified atom stereocenters. The van der Waals surface area contributed by atoms with Crippen LogP contribution in [0.1, 0.15) is 37.8 Å². The third kappa shape index (κ3) is 8.24. The fourth-order valence-electron chi connectivity index (χ4n) is 2.94. The van der Waals surface area contributed by atoms with Gasteiger partial charge < -0.3 is 20.1 Å². The molecule has 2 rings (SSSR count). The molecule has 2 amide bonds. The van der Waals surface area contributed by atoms with Gasteiger partial charge in [0.15, 0.2) is 12.2 Å². The lowest BCUT2D eigenvalue weighted by Crippen LogP contribution is -2.38. The highest BCUT2D eigenvalue weighted by atomic mass is 35.5. The highest BCUT2D eigenvalue weighted by Crippen LogP contribution is 2.23. The second kappa shape index (κ2) is 12.6. The van der Waals surface area contributed by atoms with Gasteiger partial charge in [0.05, 0.1) is 0 Å². The monoisotopic (exact) mass is 480 g/mol. The van der Waals surface area contributed by atoms with Crippen LogP contribution in [0.3, 0.4) is 0 Å². The van der Waals surface area contributed by atoms with Crippen molar-refractivity contribution in [1.82, 2.24) is 10.6 Å². The van der Waals surface area contributed by atoms with Gasteiger partial charge in [-0.25, -0.2) is 0 Å². The van der Waals surface area contributed by atoms with Gasteiger partial charge in [0, 0.05) is 23.1 Å². The zero-order valence-corrected chi connectivity index (χ0v) is 20.3. The Labute approximate surface area is 199 Å². The summed E-state index contributed by atoms with van der Waals surface area (Å²) in [5, 5.41) is 6.95. The molecule has 0 heterocycles. The second-order valence-corrected chi connectivity index (χ2v) is 8.50. The van der Waals surface area contributed by atoms with Crippen LogP contribution in [0, 0.1) is 13.8 Å². The van der Waals surface area contributed by atoms with E-state index < -0.39 is 12.2 Å². The summed E-state index contributed by atoms with van der Waals surface area (Å²) in [7, 11) is 0. The molecule has 2 atom stereocenters. The summed E-state index contributed by atoms with van der Waals surface area (Å²) in [4.78, 5) is 24.4. The van der Waals surface area contributed by atoms with E-state index in [0.29, 0.717) is 34.6 Å². The number of rotatable bonds is 11. The van der Waals surface area contributed by atoms with Gasteiger partial charge in [-0.15, -0.1) is 0 Å². The van der Waals surface area contributed by atoms with E-state index >= 15 is 0 Å². The summed E-state index contributed by atoms with van der Waals surface area (Å²) in [5.41, 5.74) is 1.75. The zero-order valence-electron chi connectivity index (χ0n) is 18.8. The molecule has 0 aliphatic heterocycles. The Bertz CT molecular complexity index is 861. The maximum atomic E-state index is 12.2. The van der Waals surface area contributed by atoms with E-state index in [1.807, 2.05) is 13.8 Å². The van der Waals surface area contributed by atoms with Crippen LogP contribution in [-0.2, 0) is 9.59 Å². The van der Waals surface area contributed by atoms with E-state index in [-0.39, 0.29) is 11.8 Å². The minimum Gasteiger partial charge on any atom is -0.481 e. The fourth-order valence-corrected chi connectivity index (χ4v) is 3.39. The summed E-state index contributed by atoms with van der Waals surface area (Å²) < 4.78 is 11.4. The lowest BCUT2D eigenvalue weighted by Gasteiger charge is -2.17. The van der Waals surface area contributed by atoms with Crippen LogP contribution in [0.15, 0.2) is 36.4 Å². The molecule has 0 radical (unpaired) electrons. The zero-order chi connectivity index (χ0) is 23.7. The molecule has 0 spiro atoms. The molecule has 174 valence electrons. The van der Waals surface area contributed by atoms with Gasteiger partial charge in [-0.2, -0.15) is 0 Å². The Balaban J connectivity index is 1.62. The van der Waals surface area contributed by atoms with Gasteiger partial charge in [0.2, 0.25) is 0 Å². The molecule has 0 saturated carbocycles. The summed E-state index contributed by atoms with van der Waals surface area (Å²) >= 11 is 11.9. The highest BCUT2D eigenvalue weighted by Gasteiger charge is 2.16. The maximum Gasteiger partial charge on any atom is 0.260 e. The fraction of sp³-hybridized carbons (Fsp3) is 0.417. The number of amides is 2. The Kier molecular flexibility index (Phi) is 10.1. The first-order chi connectivity index (χ1) is 15.2. The number of carbonyl (C=O) groups excluding carboxylic acids is 2. The van der Waals surface area contributed by atoms with Crippen LogP contribution in [0.2, 0.25) is 10.0 Å². The van der Waals surface area contributed by atoms with Crippen LogP contribution >= 0.6 is 23.2 Å². The number of ether oxygens (including phenoxy) is 2. The molecular weight excluding hydrogens is 451 g/mol. The van der Waals surface area contributed by atoms with Gasteiger partial charge in [0.1, 0.15) is 11.5 Å². The van der Waals surface area contributed by atoms with E-state index in [4.69, 9.17) is 32.7 Å². The first kappa shape index (κ1) is 25.8. The van der Waals surface area contributed by atoms with Crippen molar-refractivity contribution in [2.45, 2.75) is 52.7 Å². The number of halogens is 2. The molecule has 32 heavy (non-hydrogen) atoms. The number of aryl methyl sites for hydroxylation is 2. The quantitative estimate of drug-likeness (QED) is 0.450. The summed E-state index contributed by atoms with van der Waals surface area (Å²) in [6, 6.07) is 10.5. The first-order valence-corrected chi connectivity index (χ1v) is 11.3. The Morgan fingerprint density at radius 3 is 1.50 bits per heavy atom. The normalized spacial score (nSPS) is 12.6. The summed E-state index contributed by atoms with van der Waals surface area (Å²) in [6.45, 7) is 8.15. The molecule has 8 heteroatoms. The third-order valence-electron chi connectivity index (χ3n) is 4.82. The van der Waals surface area contributed by atoms with Crippen molar-refractivity contribution in [3.05, 3.63) is 57.6 Å². The molecule has 6 nitrogen and oxygen atoms in total. The molecule has 0 saturated heterocycles. The van der Waals surface area contributed by atoms with E-state index in [9.17, 15) is 9.59 Å². The Morgan fingerprint density at radius 2 is 1.16 bits per heavy atom. The van der Waals surface area contributed by atoms with Crippen molar-refractivity contribution in [2.75, 3.05) is 13.1 Å². The molecule has 2 aromatic rings. The largest absolute Gasteiger partial charge is 0.481 e. The lowest BCUT2D eigenvalue weighted by atomic mass is 10.2. The van der Waals surface area contributed by atoms with E-state index in [1.165, 1.54) is 0 Å². The van der Waals surface area contributed by atoms with Gasteiger partial charge in [-0.3, -0.25) is 9.59 Å². The molecule has 0 bridgehead atoms. The van der Waals surface area contributed by atoms with Crippen LogP contribution in [0.4, 0.5) is 0 Å². The van der Waals surface area contributed by atoms with E-state index in [0.717, 1.165) is 24.0 Å². The summed E-state index contributed by atoms with van der Waals surface area (Å²) in [5.74, 6) is 0.877. The van der Waals surface area contributed by atoms with Crippen LogP contribution < -0.4 is 20.1 Å². The first-order valence-electron chi connectivity index (χ1n) is 10.6. The van der Waals surface area contributed by atoms with Gasteiger partial charge in [-0.1, -0.05) is 23.2 Å². The second-order valence-electron chi connectivity index (χ2n) is 7.63. The standard InChI is InChI=1S/C24H30Cl2N2O4/c1-15-13-19(25)7-9-21(15)31-17(3)23(29)27-11-5-6-12-28-24(30)18(4)32-22-10-8-20(26)14-16(22)2/h7-10,13-14,17-18H,5-6,11-12H2,1-4H3,(H,27,29)(H,28,30)/t17-,18-/m0/s1. The number of nitrogens with one attached hydrogen (secondary N) is 2. The molecule has 0 fully saturated rings. The number of unbranched alkanes of at least 4 members (excludes halogenated alkanes) is 1. The predicted molar refractivity (Wildman–Crippen MR) is 128 cm³/mol. The van der Waals surface area contributed by atoms with Gasteiger partial charge >= 0.3 is 0 Å². The van der Waals surface area contributed by atoms with Crippen molar-refractivity contribution in [3.8, 4) is 11.5 Å². The van der Waals surface area contributed by atoms with Gasteiger partial charge in [-0.05, 0) is 88.1 Å². The highest BCUT2D eigenvalue weighted by molar-refractivity contribution is 6.31. The minimum atomic E-state index is -0.621. The lowest BCUT2D eigenvalue weighted by molar-refractivity contribution is -0.128. The van der Waals surface area contributed by atoms with Crippen molar-refractivity contribution in [3.63, 3.8) is 0 Å². The predicted octanol–water partition coefficient (Wildman–Crippen LogP) is 4.86. The smallest absolute Gasteiger partial charge is 0.260 e. The Hall–Kier alpha value is -2.44. The van der Waals surface area contributed by atoms with Crippen molar-refractivity contribution < 1.29 is 19.1 Å². The number of benzene rings is 2. The van der Waals surface area contributed by atoms with Crippen LogP contribution in [0.25, 0.3) is 0 Å². The van der Waals surface area contributed by atoms with Crippen molar-refractivity contribution in [2.24, 2.45) is 0 Å². The van der Waals surface area contributed by atoms with Crippen LogP contribution in [0.5, 0.6) is 11.5 Å². The van der Waals surface area contributed by atoms with E-state index in [2.05, 4.69) is 10.6 Å². The molecule has 0 aromatic heterocycles. The average molecular weight is 481 g/mol. The van der Waals surface area contributed by atoms with E-state index in [1.54, 1.807) is 50.2 Å². The number of hydrogen-bond donors (Lipinski definition) is 2. The molecule has 0 aliphatic rings. The minimum absolute atomic E-state index is 0.191. The average Bonchev–Trinajstić information content (AvgIpc) is 2.74. The third-order valence-corrected chi connectivity index (χ3v) is 5.29. The van der Waals surface area contributed by atoms with Crippen LogP contribution in [-0.4, -0.2) is 37.1 Å². The van der Waals surface area contributed by atoms with Crippen molar-refractivity contribution >= 4 is 35.0 Å². The number of hydrogen-bond acceptors (Lipinski definition) is 4. The maximum absolute atomic E-state index is 12.2. The number of carbonyl (C=O) groups is 2. The summed E-state index contributed by atoms with van der Waals surface area (Å²) in [6.07, 6.45) is 0.210. The Morgan fingerprint density at radius 1 is 0.781 bits per heavy atom. The molecule has 0 aliphatic carbocycles.